The van der Waals surface area contributed by atoms with Gasteiger partial charge in [-0.1, -0.05) is 36.4 Å². The van der Waals surface area contributed by atoms with E-state index in [-0.39, 0.29) is 11.1 Å². The van der Waals surface area contributed by atoms with Crippen LogP contribution in [0.25, 0.3) is 15.9 Å². The molecule has 29 heavy (non-hydrogen) atoms. The van der Waals surface area contributed by atoms with E-state index < -0.39 is 18.2 Å². The summed E-state index contributed by atoms with van der Waals surface area (Å²) in [6.07, 6.45) is -4.48. The maximum absolute atomic E-state index is 12.8. The number of pyridine rings is 1. The fourth-order valence-electron chi connectivity index (χ4n) is 2.95. The third kappa shape index (κ3) is 4.12. The summed E-state index contributed by atoms with van der Waals surface area (Å²) in [5, 5.41) is 4.78. The van der Waals surface area contributed by atoms with Crippen molar-refractivity contribution >= 4 is 33.1 Å². The summed E-state index contributed by atoms with van der Waals surface area (Å²) in [5.74, 6) is 0.437. The quantitative estimate of drug-likeness (QED) is 0.451. The number of para-hydroxylation sites is 2. The van der Waals surface area contributed by atoms with E-state index in [0.29, 0.717) is 10.6 Å². The molecule has 0 radical (unpaired) electrons. The van der Waals surface area contributed by atoms with Crippen molar-refractivity contribution in [3.8, 4) is 11.4 Å². The molecular formula is C21H15F3N2O2S. The second kappa shape index (κ2) is 7.63. The van der Waals surface area contributed by atoms with Crippen LogP contribution in [-0.2, 0) is 0 Å². The lowest BCUT2D eigenvalue weighted by atomic mass is 10.2. The highest BCUT2D eigenvalue weighted by molar-refractivity contribution is 7.17. The second-order valence-corrected chi connectivity index (χ2v) is 7.10. The van der Waals surface area contributed by atoms with Gasteiger partial charge in [0.25, 0.3) is 0 Å². The van der Waals surface area contributed by atoms with Crippen LogP contribution in [0.5, 0.6) is 5.75 Å². The standard InChI is InChI=1S/C21H15F3N2O2S/c22-21(23,24)13-28-17-12-29-20-19(17)16(27)11-18(25-14-7-3-1-4-8-14)26(20)15-9-5-2-6-10-15/h1-12,25H,13H2. The molecule has 2 aromatic carbocycles. The zero-order valence-electron chi connectivity index (χ0n) is 14.9. The monoisotopic (exact) mass is 416 g/mol. The number of aromatic nitrogens is 1. The first-order valence-corrected chi connectivity index (χ1v) is 9.55. The van der Waals surface area contributed by atoms with Crippen molar-refractivity contribution in [3.63, 3.8) is 0 Å². The first-order valence-electron chi connectivity index (χ1n) is 8.67. The summed E-state index contributed by atoms with van der Waals surface area (Å²) in [4.78, 5) is 13.3. The number of alkyl halides is 3. The lowest BCUT2D eigenvalue weighted by Crippen LogP contribution is -2.19. The maximum atomic E-state index is 12.8. The van der Waals surface area contributed by atoms with Crippen molar-refractivity contribution in [1.29, 1.82) is 0 Å². The number of hydrogen-bond donors (Lipinski definition) is 1. The van der Waals surface area contributed by atoms with Gasteiger partial charge in [-0.25, -0.2) is 0 Å². The van der Waals surface area contributed by atoms with Crippen LogP contribution in [0.4, 0.5) is 24.7 Å². The number of anilines is 2. The molecule has 1 N–H and O–H groups in total. The van der Waals surface area contributed by atoms with E-state index in [9.17, 15) is 18.0 Å². The van der Waals surface area contributed by atoms with E-state index in [1.807, 2.05) is 60.7 Å². The molecule has 0 saturated carbocycles. The average molecular weight is 416 g/mol. The minimum atomic E-state index is -4.48. The molecule has 0 bridgehead atoms. The second-order valence-electron chi connectivity index (χ2n) is 6.24. The van der Waals surface area contributed by atoms with Crippen molar-refractivity contribution in [3.05, 3.63) is 82.3 Å². The van der Waals surface area contributed by atoms with Gasteiger partial charge in [0.05, 0.1) is 5.39 Å². The number of rotatable bonds is 5. The largest absolute Gasteiger partial charge is 0.482 e. The third-order valence-electron chi connectivity index (χ3n) is 4.15. The van der Waals surface area contributed by atoms with E-state index >= 15 is 0 Å². The predicted octanol–water partition coefficient (Wildman–Crippen LogP) is 5.74. The van der Waals surface area contributed by atoms with Gasteiger partial charge in [0.15, 0.2) is 12.0 Å². The highest BCUT2D eigenvalue weighted by atomic mass is 32.1. The van der Waals surface area contributed by atoms with Crippen LogP contribution in [0.3, 0.4) is 0 Å². The van der Waals surface area contributed by atoms with E-state index in [0.717, 1.165) is 22.7 Å². The molecule has 0 atom stereocenters. The van der Waals surface area contributed by atoms with Gasteiger partial charge in [-0.3, -0.25) is 9.36 Å². The summed E-state index contributed by atoms with van der Waals surface area (Å²) >= 11 is 1.16. The third-order valence-corrected chi connectivity index (χ3v) is 5.09. The molecule has 4 nitrogen and oxygen atoms in total. The van der Waals surface area contributed by atoms with E-state index in [4.69, 9.17) is 4.74 Å². The smallest absolute Gasteiger partial charge is 0.422 e. The minimum Gasteiger partial charge on any atom is -0.482 e. The summed E-state index contributed by atoms with van der Waals surface area (Å²) in [7, 11) is 0. The molecule has 4 aromatic rings. The molecular weight excluding hydrogens is 401 g/mol. The normalized spacial score (nSPS) is 11.6. The molecule has 8 heteroatoms. The molecule has 0 unspecified atom stereocenters. The molecule has 4 rings (SSSR count). The Balaban J connectivity index is 1.88. The van der Waals surface area contributed by atoms with Crippen molar-refractivity contribution in [1.82, 2.24) is 4.57 Å². The Morgan fingerprint density at radius 3 is 2.31 bits per heavy atom. The topological polar surface area (TPSA) is 43.3 Å². The first kappa shape index (κ1) is 19.1. The Morgan fingerprint density at radius 1 is 1.00 bits per heavy atom. The number of ether oxygens (including phenoxy) is 1. The van der Waals surface area contributed by atoms with E-state index in [1.165, 1.54) is 11.4 Å². The van der Waals surface area contributed by atoms with Gasteiger partial charge in [-0.05, 0) is 24.3 Å². The molecule has 0 spiro atoms. The lowest BCUT2D eigenvalue weighted by molar-refractivity contribution is -0.153. The van der Waals surface area contributed by atoms with Gasteiger partial charge in [-0.15, -0.1) is 11.3 Å². The molecule has 0 aliphatic carbocycles. The van der Waals surface area contributed by atoms with Crippen LogP contribution < -0.4 is 15.5 Å². The van der Waals surface area contributed by atoms with Gasteiger partial charge in [0.2, 0.25) is 0 Å². The van der Waals surface area contributed by atoms with Crippen molar-refractivity contribution in [2.24, 2.45) is 0 Å². The van der Waals surface area contributed by atoms with Gasteiger partial charge >= 0.3 is 6.18 Å². The summed E-state index contributed by atoms with van der Waals surface area (Å²) in [5.41, 5.74) is 1.13. The fourth-order valence-corrected chi connectivity index (χ4v) is 3.99. The molecule has 2 aromatic heterocycles. The number of nitrogens with zero attached hydrogens (tertiary/aromatic N) is 1. The molecule has 0 amide bonds. The fraction of sp³-hybridized carbons (Fsp3) is 0.0952. The van der Waals surface area contributed by atoms with E-state index in [1.54, 1.807) is 4.57 Å². The number of fused-ring (bicyclic) bond motifs is 1. The maximum Gasteiger partial charge on any atom is 0.422 e. The summed E-state index contributed by atoms with van der Waals surface area (Å²) in [6, 6.07) is 20.0. The summed E-state index contributed by atoms with van der Waals surface area (Å²) < 4.78 is 44.5. The van der Waals surface area contributed by atoms with Crippen molar-refractivity contribution in [2.75, 3.05) is 11.9 Å². The predicted molar refractivity (Wildman–Crippen MR) is 109 cm³/mol. The van der Waals surface area contributed by atoms with Gasteiger partial charge in [0, 0.05) is 22.8 Å². The number of thiophene rings is 1. The van der Waals surface area contributed by atoms with Gasteiger partial charge in [0.1, 0.15) is 16.4 Å². The number of hydrogen-bond acceptors (Lipinski definition) is 4. The van der Waals surface area contributed by atoms with Gasteiger partial charge < -0.3 is 10.1 Å². The number of benzene rings is 2. The Kier molecular flexibility index (Phi) is 5.02. The molecule has 148 valence electrons. The van der Waals surface area contributed by atoms with Crippen LogP contribution in [0.2, 0.25) is 0 Å². The van der Waals surface area contributed by atoms with Crippen LogP contribution in [-0.4, -0.2) is 17.4 Å². The van der Waals surface area contributed by atoms with Crippen molar-refractivity contribution in [2.45, 2.75) is 6.18 Å². The van der Waals surface area contributed by atoms with Crippen LogP contribution in [0, 0.1) is 0 Å². The zero-order valence-corrected chi connectivity index (χ0v) is 15.8. The SMILES string of the molecule is O=c1cc(Nc2ccccc2)n(-c2ccccc2)c2scc(OCC(F)(F)F)c12. The minimum absolute atomic E-state index is 0.0664. The first-order chi connectivity index (χ1) is 13.9. The number of halogens is 3. The molecule has 0 fully saturated rings. The van der Waals surface area contributed by atoms with Gasteiger partial charge in [-0.2, -0.15) is 13.2 Å². The molecule has 0 saturated heterocycles. The Bertz CT molecular complexity index is 1190. The summed E-state index contributed by atoms with van der Waals surface area (Å²) in [6.45, 7) is -1.45. The van der Waals surface area contributed by atoms with Crippen LogP contribution in [0.15, 0.2) is 76.9 Å². The average Bonchev–Trinajstić information content (AvgIpc) is 3.12. The number of nitrogens with one attached hydrogen (secondary N) is 1. The van der Waals surface area contributed by atoms with E-state index in [2.05, 4.69) is 5.32 Å². The zero-order chi connectivity index (χ0) is 20.4. The molecule has 0 aliphatic rings. The highest BCUT2D eigenvalue weighted by Crippen LogP contribution is 2.35. The highest BCUT2D eigenvalue weighted by Gasteiger charge is 2.29. The Labute approximate surface area is 167 Å². The Hall–Kier alpha value is -3.26. The lowest BCUT2D eigenvalue weighted by Gasteiger charge is -2.17. The Morgan fingerprint density at radius 2 is 1.66 bits per heavy atom. The van der Waals surface area contributed by atoms with Crippen molar-refractivity contribution < 1.29 is 17.9 Å². The molecule has 2 heterocycles. The van der Waals surface area contributed by atoms with Crippen LogP contribution >= 0.6 is 11.3 Å². The molecule has 0 aliphatic heterocycles. The van der Waals surface area contributed by atoms with Crippen LogP contribution in [0.1, 0.15) is 0 Å².